The van der Waals surface area contributed by atoms with Crippen LogP contribution < -0.4 is 10.6 Å². The van der Waals surface area contributed by atoms with E-state index in [1.54, 1.807) is 37.4 Å². The van der Waals surface area contributed by atoms with Crippen molar-refractivity contribution < 1.29 is 9.59 Å². The lowest BCUT2D eigenvalue weighted by Gasteiger charge is -2.04. The number of nitrogens with one attached hydrogen (secondary N) is 2. The van der Waals surface area contributed by atoms with Gasteiger partial charge in [0.15, 0.2) is 0 Å². The van der Waals surface area contributed by atoms with Gasteiger partial charge in [-0.3, -0.25) is 9.59 Å². The van der Waals surface area contributed by atoms with Gasteiger partial charge in [0.1, 0.15) is 0 Å². The van der Waals surface area contributed by atoms with Crippen molar-refractivity contribution in [2.24, 2.45) is 5.92 Å². The molecule has 0 saturated carbocycles. The number of rotatable bonds is 5. The van der Waals surface area contributed by atoms with Crippen LogP contribution in [0.4, 0.5) is 0 Å². The highest BCUT2D eigenvalue weighted by Gasteiger charge is 2.01. The first kappa shape index (κ1) is 15.0. The Morgan fingerprint density at radius 1 is 1.21 bits per heavy atom. The molecule has 0 saturated heterocycles. The standard InChI is InChI=1S/C15H20N2O2/c1-11(2)10-17-14(18)9-6-12-4-7-13(8-5-12)15(19)16-3/h4-9,11H,10H2,1-3H3,(H,16,19)(H,17,18)/b9-6+. The zero-order valence-corrected chi connectivity index (χ0v) is 11.6. The Bertz CT molecular complexity index is 462. The average Bonchev–Trinajstić information content (AvgIpc) is 2.42. The lowest BCUT2D eigenvalue weighted by molar-refractivity contribution is -0.116. The van der Waals surface area contributed by atoms with Gasteiger partial charge in [0.25, 0.3) is 5.91 Å². The highest BCUT2D eigenvalue weighted by molar-refractivity contribution is 5.94. The molecule has 0 aliphatic rings. The Morgan fingerprint density at radius 2 is 1.84 bits per heavy atom. The van der Waals surface area contributed by atoms with E-state index in [4.69, 9.17) is 0 Å². The van der Waals surface area contributed by atoms with Gasteiger partial charge in [0.2, 0.25) is 5.91 Å². The normalized spacial score (nSPS) is 10.7. The highest BCUT2D eigenvalue weighted by Crippen LogP contribution is 2.06. The predicted molar refractivity (Wildman–Crippen MR) is 76.7 cm³/mol. The number of hydrogen-bond acceptors (Lipinski definition) is 2. The Hall–Kier alpha value is -2.10. The van der Waals surface area contributed by atoms with Crippen molar-refractivity contribution in [3.63, 3.8) is 0 Å². The summed E-state index contributed by atoms with van der Waals surface area (Å²) in [5.74, 6) is 0.207. The molecule has 0 aliphatic heterocycles. The summed E-state index contributed by atoms with van der Waals surface area (Å²) in [5, 5.41) is 5.36. The molecule has 102 valence electrons. The first-order chi connectivity index (χ1) is 9.02. The van der Waals surface area contributed by atoms with Crippen LogP contribution >= 0.6 is 0 Å². The topological polar surface area (TPSA) is 58.2 Å². The molecule has 1 rings (SSSR count). The molecule has 2 amide bonds. The van der Waals surface area contributed by atoms with E-state index in [1.165, 1.54) is 6.08 Å². The summed E-state index contributed by atoms with van der Waals surface area (Å²) in [6.45, 7) is 4.75. The van der Waals surface area contributed by atoms with E-state index < -0.39 is 0 Å². The van der Waals surface area contributed by atoms with E-state index in [9.17, 15) is 9.59 Å². The molecule has 0 radical (unpaired) electrons. The number of carbonyl (C=O) groups is 2. The lowest BCUT2D eigenvalue weighted by Crippen LogP contribution is -2.25. The molecule has 2 N–H and O–H groups in total. The Labute approximate surface area is 113 Å². The maximum atomic E-state index is 11.5. The van der Waals surface area contributed by atoms with Gasteiger partial charge < -0.3 is 10.6 Å². The van der Waals surface area contributed by atoms with Crippen molar-refractivity contribution in [3.8, 4) is 0 Å². The molecule has 0 aromatic heterocycles. The molecule has 1 aromatic rings. The molecule has 4 heteroatoms. The van der Waals surface area contributed by atoms with Crippen LogP contribution in [-0.2, 0) is 4.79 Å². The summed E-state index contributed by atoms with van der Waals surface area (Å²) in [4.78, 5) is 22.8. The second kappa shape index (κ2) is 7.36. The van der Waals surface area contributed by atoms with Gasteiger partial charge in [0, 0.05) is 25.2 Å². The van der Waals surface area contributed by atoms with Gasteiger partial charge in [-0.05, 0) is 29.7 Å². The number of amides is 2. The molecule has 0 spiro atoms. The third-order valence-electron chi connectivity index (χ3n) is 2.51. The van der Waals surface area contributed by atoms with E-state index in [0.717, 1.165) is 5.56 Å². The Morgan fingerprint density at radius 3 is 2.37 bits per heavy atom. The largest absolute Gasteiger partial charge is 0.355 e. The molecule has 0 bridgehead atoms. The van der Waals surface area contributed by atoms with E-state index in [0.29, 0.717) is 18.0 Å². The summed E-state index contributed by atoms with van der Waals surface area (Å²) < 4.78 is 0. The summed E-state index contributed by atoms with van der Waals surface area (Å²) in [6, 6.07) is 7.06. The van der Waals surface area contributed by atoms with Crippen LogP contribution in [0.1, 0.15) is 29.8 Å². The lowest BCUT2D eigenvalue weighted by atomic mass is 10.1. The van der Waals surface area contributed by atoms with Crippen molar-refractivity contribution >= 4 is 17.9 Å². The zero-order chi connectivity index (χ0) is 14.3. The molecule has 0 aliphatic carbocycles. The number of hydrogen-bond donors (Lipinski definition) is 2. The third-order valence-corrected chi connectivity index (χ3v) is 2.51. The maximum Gasteiger partial charge on any atom is 0.251 e. The molecule has 0 heterocycles. The minimum atomic E-state index is -0.120. The molecule has 19 heavy (non-hydrogen) atoms. The van der Waals surface area contributed by atoms with Crippen molar-refractivity contribution in [3.05, 3.63) is 41.5 Å². The summed E-state index contributed by atoms with van der Waals surface area (Å²) in [5.41, 5.74) is 1.48. The average molecular weight is 260 g/mol. The first-order valence-corrected chi connectivity index (χ1v) is 6.31. The number of carbonyl (C=O) groups excluding carboxylic acids is 2. The molecule has 4 nitrogen and oxygen atoms in total. The van der Waals surface area contributed by atoms with E-state index in [2.05, 4.69) is 10.6 Å². The summed E-state index contributed by atoms with van der Waals surface area (Å²) in [6.07, 6.45) is 3.22. The highest BCUT2D eigenvalue weighted by atomic mass is 16.2. The van der Waals surface area contributed by atoms with E-state index in [-0.39, 0.29) is 11.8 Å². The smallest absolute Gasteiger partial charge is 0.251 e. The van der Waals surface area contributed by atoms with Crippen molar-refractivity contribution in [2.45, 2.75) is 13.8 Å². The van der Waals surface area contributed by atoms with Crippen LogP contribution in [0.5, 0.6) is 0 Å². The maximum absolute atomic E-state index is 11.5. The minimum Gasteiger partial charge on any atom is -0.355 e. The molecule has 0 unspecified atom stereocenters. The zero-order valence-electron chi connectivity index (χ0n) is 11.6. The van der Waals surface area contributed by atoms with Crippen LogP contribution in [0.25, 0.3) is 6.08 Å². The quantitative estimate of drug-likeness (QED) is 0.794. The first-order valence-electron chi connectivity index (χ1n) is 6.31. The monoisotopic (exact) mass is 260 g/mol. The fourth-order valence-electron chi connectivity index (χ4n) is 1.43. The predicted octanol–water partition coefficient (Wildman–Crippen LogP) is 1.83. The second-order valence-electron chi connectivity index (χ2n) is 4.67. The SMILES string of the molecule is CNC(=O)c1ccc(/C=C/C(=O)NCC(C)C)cc1. The second-order valence-corrected chi connectivity index (χ2v) is 4.67. The van der Waals surface area contributed by atoms with Gasteiger partial charge in [-0.15, -0.1) is 0 Å². The van der Waals surface area contributed by atoms with Crippen molar-refractivity contribution in [1.82, 2.24) is 10.6 Å². The van der Waals surface area contributed by atoms with Crippen LogP contribution in [0.15, 0.2) is 30.3 Å². The number of benzene rings is 1. The fourth-order valence-corrected chi connectivity index (χ4v) is 1.43. The van der Waals surface area contributed by atoms with Gasteiger partial charge in [-0.25, -0.2) is 0 Å². The van der Waals surface area contributed by atoms with Gasteiger partial charge >= 0.3 is 0 Å². The fraction of sp³-hybridized carbons (Fsp3) is 0.333. The summed E-state index contributed by atoms with van der Waals surface area (Å²) in [7, 11) is 1.59. The van der Waals surface area contributed by atoms with Crippen LogP contribution in [0, 0.1) is 5.92 Å². The minimum absolute atomic E-state index is 0.107. The molecular formula is C15H20N2O2. The van der Waals surface area contributed by atoms with E-state index in [1.807, 2.05) is 13.8 Å². The van der Waals surface area contributed by atoms with E-state index >= 15 is 0 Å². The van der Waals surface area contributed by atoms with Gasteiger partial charge in [-0.2, -0.15) is 0 Å². The molecule has 1 aromatic carbocycles. The third kappa shape index (κ3) is 5.38. The Kier molecular flexibility index (Phi) is 5.79. The molecule has 0 atom stereocenters. The van der Waals surface area contributed by atoms with Crippen LogP contribution in [0.2, 0.25) is 0 Å². The van der Waals surface area contributed by atoms with Crippen LogP contribution in [0.3, 0.4) is 0 Å². The molecular weight excluding hydrogens is 240 g/mol. The van der Waals surface area contributed by atoms with Crippen molar-refractivity contribution in [1.29, 1.82) is 0 Å². The molecule has 0 fully saturated rings. The van der Waals surface area contributed by atoms with Gasteiger partial charge in [-0.1, -0.05) is 26.0 Å². The van der Waals surface area contributed by atoms with Crippen LogP contribution in [-0.4, -0.2) is 25.4 Å². The Balaban J connectivity index is 2.57. The van der Waals surface area contributed by atoms with Crippen molar-refractivity contribution in [2.75, 3.05) is 13.6 Å². The van der Waals surface area contributed by atoms with Gasteiger partial charge in [0.05, 0.1) is 0 Å². The summed E-state index contributed by atoms with van der Waals surface area (Å²) >= 11 is 0.